The van der Waals surface area contributed by atoms with Crippen molar-refractivity contribution in [3.05, 3.63) is 110 Å². The SMILES string of the molecule is Cc1ccc(/C(C#N)=C\c2cc(Br)c(OCc3cccc4ccccc34)c(Br)c2)cc1. The summed E-state index contributed by atoms with van der Waals surface area (Å²) in [6.45, 7) is 2.49. The molecule has 152 valence electrons. The van der Waals surface area contributed by atoms with Gasteiger partial charge in [-0.2, -0.15) is 5.26 Å². The van der Waals surface area contributed by atoms with Crippen molar-refractivity contribution in [3.8, 4) is 11.8 Å². The van der Waals surface area contributed by atoms with Gasteiger partial charge in [0.2, 0.25) is 0 Å². The average molecular weight is 533 g/mol. The zero-order chi connectivity index (χ0) is 21.8. The highest BCUT2D eigenvalue weighted by molar-refractivity contribution is 9.11. The molecule has 0 amide bonds. The van der Waals surface area contributed by atoms with E-state index in [0.29, 0.717) is 12.2 Å². The molecule has 4 rings (SSSR count). The Morgan fingerprint density at radius 2 is 1.61 bits per heavy atom. The van der Waals surface area contributed by atoms with Crippen LogP contribution in [0.4, 0.5) is 0 Å². The Balaban J connectivity index is 1.60. The van der Waals surface area contributed by atoms with Crippen molar-refractivity contribution in [1.82, 2.24) is 0 Å². The second-order valence-corrected chi connectivity index (χ2v) is 8.99. The van der Waals surface area contributed by atoms with E-state index in [2.05, 4.69) is 62.2 Å². The molecule has 0 aromatic heterocycles. The summed E-state index contributed by atoms with van der Waals surface area (Å²) in [6.07, 6.45) is 1.88. The fourth-order valence-electron chi connectivity index (χ4n) is 3.45. The number of hydrogen-bond donors (Lipinski definition) is 0. The molecular formula is C27H19Br2NO. The van der Waals surface area contributed by atoms with Crippen LogP contribution in [0.5, 0.6) is 5.75 Å². The third kappa shape index (κ3) is 4.90. The summed E-state index contributed by atoms with van der Waals surface area (Å²) >= 11 is 7.26. The lowest BCUT2D eigenvalue weighted by Gasteiger charge is -2.13. The van der Waals surface area contributed by atoms with Crippen LogP contribution in [-0.4, -0.2) is 0 Å². The Morgan fingerprint density at radius 3 is 2.32 bits per heavy atom. The van der Waals surface area contributed by atoms with Gasteiger partial charge in [-0.25, -0.2) is 0 Å². The maximum absolute atomic E-state index is 9.63. The Hall–Kier alpha value is -2.87. The van der Waals surface area contributed by atoms with Crippen molar-refractivity contribution in [2.24, 2.45) is 0 Å². The summed E-state index contributed by atoms with van der Waals surface area (Å²) in [4.78, 5) is 0. The topological polar surface area (TPSA) is 33.0 Å². The normalized spacial score (nSPS) is 11.4. The van der Waals surface area contributed by atoms with Crippen LogP contribution in [0.15, 0.2) is 87.8 Å². The standard InChI is InChI=1S/C27H19Br2NO/c1-18-9-11-20(12-10-18)23(16-30)13-19-14-25(28)27(26(29)15-19)31-17-22-7-4-6-21-5-2-3-8-24(21)22/h2-15H,17H2,1H3/b23-13-. The molecule has 2 nitrogen and oxygen atoms in total. The molecule has 4 aromatic rings. The van der Waals surface area contributed by atoms with Crippen LogP contribution in [0.3, 0.4) is 0 Å². The molecule has 4 aromatic carbocycles. The van der Waals surface area contributed by atoms with E-state index in [0.717, 1.165) is 31.4 Å². The zero-order valence-corrected chi connectivity index (χ0v) is 20.1. The molecule has 0 saturated heterocycles. The number of benzene rings is 4. The predicted molar refractivity (Wildman–Crippen MR) is 135 cm³/mol. The molecule has 0 spiro atoms. The number of aryl methyl sites for hydroxylation is 1. The summed E-state index contributed by atoms with van der Waals surface area (Å²) in [5.74, 6) is 0.735. The van der Waals surface area contributed by atoms with E-state index in [1.807, 2.05) is 67.6 Å². The van der Waals surface area contributed by atoms with Gasteiger partial charge in [-0.3, -0.25) is 0 Å². The number of hydrogen-bond acceptors (Lipinski definition) is 2. The molecule has 0 saturated carbocycles. The Bertz CT molecular complexity index is 1290. The van der Waals surface area contributed by atoms with Crippen molar-refractivity contribution in [1.29, 1.82) is 5.26 Å². The first-order valence-corrected chi connectivity index (χ1v) is 11.4. The van der Waals surface area contributed by atoms with Crippen LogP contribution in [-0.2, 0) is 6.61 Å². The number of allylic oxidation sites excluding steroid dienone is 1. The van der Waals surface area contributed by atoms with Crippen LogP contribution < -0.4 is 4.74 Å². The molecule has 0 aliphatic carbocycles. The second-order valence-electron chi connectivity index (χ2n) is 7.28. The quantitative estimate of drug-likeness (QED) is 0.191. The lowest BCUT2D eigenvalue weighted by molar-refractivity contribution is 0.303. The van der Waals surface area contributed by atoms with E-state index in [1.54, 1.807) is 0 Å². The van der Waals surface area contributed by atoms with Crippen molar-refractivity contribution >= 4 is 54.3 Å². The first-order chi connectivity index (χ1) is 15.0. The lowest BCUT2D eigenvalue weighted by atomic mass is 10.0. The molecule has 4 heteroatoms. The number of rotatable bonds is 5. The summed E-state index contributed by atoms with van der Waals surface area (Å²) in [5.41, 5.74) is 4.72. The number of halogens is 2. The van der Waals surface area contributed by atoms with Crippen molar-refractivity contribution in [2.75, 3.05) is 0 Å². The average Bonchev–Trinajstić information content (AvgIpc) is 2.77. The molecule has 0 aliphatic heterocycles. The fraction of sp³-hybridized carbons (Fsp3) is 0.0741. The lowest BCUT2D eigenvalue weighted by Crippen LogP contribution is -1.98. The van der Waals surface area contributed by atoms with Crippen molar-refractivity contribution < 1.29 is 4.74 Å². The van der Waals surface area contributed by atoms with Gasteiger partial charge < -0.3 is 4.74 Å². The highest BCUT2D eigenvalue weighted by Gasteiger charge is 2.11. The van der Waals surface area contributed by atoms with Gasteiger partial charge in [0.1, 0.15) is 12.4 Å². The van der Waals surface area contributed by atoms with Gasteiger partial charge in [-0.05, 0) is 84.5 Å². The van der Waals surface area contributed by atoms with Crippen molar-refractivity contribution in [3.63, 3.8) is 0 Å². The van der Waals surface area contributed by atoms with Crippen LogP contribution in [0.25, 0.3) is 22.4 Å². The fourth-order valence-corrected chi connectivity index (χ4v) is 4.90. The first-order valence-electron chi connectivity index (χ1n) is 9.82. The van der Waals surface area contributed by atoms with E-state index in [4.69, 9.17) is 4.74 Å². The third-order valence-electron chi connectivity index (χ3n) is 5.07. The van der Waals surface area contributed by atoms with E-state index in [-0.39, 0.29) is 0 Å². The molecule has 0 unspecified atom stereocenters. The minimum Gasteiger partial charge on any atom is -0.487 e. The zero-order valence-electron chi connectivity index (χ0n) is 16.9. The summed E-state index contributed by atoms with van der Waals surface area (Å²) in [6, 6.07) is 28.7. The molecule has 0 atom stereocenters. The molecule has 0 N–H and O–H groups in total. The Morgan fingerprint density at radius 1 is 0.935 bits per heavy atom. The van der Waals surface area contributed by atoms with Gasteiger partial charge in [0.15, 0.2) is 0 Å². The monoisotopic (exact) mass is 531 g/mol. The van der Waals surface area contributed by atoms with E-state index >= 15 is 0 Å². The second kappa shape index (κ2) is 9.51. The maximum Gasteiger partial charge on any atom is 0.148 e. The predicted octanol–water partition coefficient (Wildman–Crippen LogP) is 8.32. The van der Waals surface area contributed by atoms with Crippen molar-refractivity contribution in [2.45, 2.75) is 13.5 Å². The van der Waals surface area contributed by atoms with Crippen LogP contribution in [0.2, 0.25) is 0 Å². The highest BCUT2D eigenvalue weighted by Crippen LogP contribution is 2.36. The molecular weight excluding hydrogens is 514 g/mol. The minimum absolute atomic E-state index is 0.459. The first kappa shape index (κ1) is 21.4. The maximum atomic E-state index is 9.63. The van der Waals surface area contributed by atoms with E-state index < -0.39 is 0 Å². The molecule has 0 heterocycles. The summed E-state index contributed by atoms with van der Waals surface area (Å²) < 4.78 is 7.82. The van der Waals surface area contributed by atoms with E-state index in [9.17, 15) is 5.26 Å². The number of nitrogens with zero attached hydrogens (tertiary/aromatic N) is 1. The number of ether oxygens (including phenoxy) is 1. The largest absolute Gasteiger partial charge is 0.487 e. The number of fused-ring (bicyclic) bond motifs is 1. The van der Waals surface area contributed by atoms with Crippen LogP contribution >= 0.6 is 31.9 Å². The molecule has 0 radical (unpaired) electrons. The highest BCUT2D eigenvalue weighted by atomic mass is 79.9. The Labute approximate surface area is 199 Å². The van der Waals surface area contributed by atoms with Gasteiger partial charge in [0, 0.05) is 0 Å². The van der Waals surface area contributed by atoms with E-state index in [1.165, 1.54) is 16.3 Å². The third-order valence-corrected chi connectivity index (χ3v) is 6.24. The Kier molecular flexibility index (Phi) is 6.56. The molecule has 0 aliphatic rings. The van der Waals surface area contributed by atoms with Crippen LogP contribution in [0.1, 0.15) is 22.3 Å². The molecule has 31 heavy (non-hydrogen) atoms. The van der Waals surface area contributed by atoms with Gasteiger partial charge in [0.05, 0.1) is 20.6 Å². The molecule has 0 fully saturated rings. The van der Waals surface area contributed by atoms with Gasteiger partial charge >= 0.3 is 0 Å². The smallest absolute Gasteiger partial charge is 0.148 e. The van der Waals surface area contributed by atoms with Crippen LogP contribution in [0, 0.1) is 18.3 Å². The van der Waals surface area contributed by atoms with Gasteiger partial charge in [0.25, 0.3) is 0 Å². The summed E-state index contributed by atoms with van der Waals surface area (Å²) in [5, 5.41) is 12.0. The summed E-state index contributed by atoms with van der Waals surface area (Å²) in [7, 11) is 0. The van der Waals surface area contributed by atoms with Gasteiger partial charge in [-0.15, -0.1) is 0 Å². The minimum atomic E-state index is 0.459. The molecule has 0 bridgehead atoms. The van der Waals surface area contributed by atoms with Gasteiger partial charge in [-0.1, -0.05) is 72.3 Å². The number of nitriles is 1.